The first-order valence-electron chi connectivity index (χ1n) is 7.16. The Kier molecular flexibility index (Phi) is 6.36. The van der Waals surface area contributed by atoms with Crippen LogP contribution in [-0.2, 0) is 4.79 Å². The lowest BCUT2D eigenvalue weighted by Gasteiger charge is -2.07. The Labute approximate surface area is 162 Å². The molecule has 0 unspecified atom stereocenters. The molecule has 0 spiro atoms. The minimum absolute atomic E-state index is 0.181. The van der Waals surface area contributed by atoms with Crippen molar-refractivity contribution in [2.75, 3.05) is 5.32 Å². The zero-order valence-electron chi connectivity index (χ0n) is 13.4. The fourth-order valence-corrected chi connectivity index (χ4v) is 2.67. The van der Waals surface area contributed by atoms with Gasteiger partial charge in [-0.1, -0.05) is 15.9 Å². The Morgan fingerprint density at radius 3 is 2.58 bits per heavy atom. The molecule has 2 aromatic carbocycles. The number of phenols is 1. The van der Waals surface area contributed by atoms with E-state index < -0.39 is 16.4 Å². The number of carbonyl (C=O) groups is 1. The zero-order valence-corrected chi connectivity index (χ0v) is 15.8. The largest absolute Gasteiger partial charge is 0.502 e. The van der Waals surface area contributed by atoms with Gasteiger partial charge in [-0.15, -0.1) is 0 Å². The van der Waals surface area contributed by atoms with E-state index in [4.69, 9.17) is 12.2 Å². The standard InChI is InChI=1S/C16H13BrN4O4S/c1-9(22)19-16(26)20-13-4-2-12(3-5-13)18-8-10-6-11(17)7-14(15(10)23)21(24)25/h2-8,23H,1H3,(H2,19,20,22,26). The number of hydrogen-bond donors (Lipinski definition) is 3. The molecule has 26 heavy (non-hydrogen) atoms. The molecular formula is C16H13BrN4O4S. The normalized spacial score (nSPS) is 10.5. The molecule has 0 aromatic heterocycles. The maximum Gasteiger partial charge on any atom is 0.312 e. The van der Waals surface area contributed by atoms with Crippen molar-refractivity contribution < 1.29 is 14.8 Å². The van der Waals surface area contributed by atoms with Gasteiger partial charge in [-0.25, -0.2) is 0 Å². The Morgan fingerprint density at radius 1 is 1.35 bits per heavy atom. The van der Waals surface area contributed by atoms with Crippen LogP contribution in [0.2, 0.25) is 0 Å². The summed E-state index contributed by atoms with van der Waals surface area (Å²) in [5, 5.41) is 26.4. The lowest BCUT2D eigenvalue weighted by atomic mass is 10.2. The Morgan fingerprint density at radius 2 is 2.00 bits per heavy atom. The monoisotopic (exact) mass is 436 g/mol. The fraction of sp³-hybridized carbons (Fsp3) is 0.0625. The molecule has 0 saturated carbocycles. The third kappa shape index (κ3) is 5.33. The number of anilines is 1. The molecule has 0 aliphatic carbocycles. The molecule has 10 heteroatoms. The number of rotatable bonds is 4. The van der Waals surface area contributed by atoms with E-state index in [-0.39, 0.29) is 16.6 Å². The predicted molar refractivity (Wildman–Crippen MR) is 106 cm³/mol. The van der Waals surface area contributed by atoms with E-state index in [0.717, 1.165) is 0 Å². The van der Waals surface area contributed by atoms with Crippen LogP contribution in [0.15, 0.2) is 45.9 Å². The molecule has 0 aliphatic heterocycles. The van der Waals surface area contributed by atoms with Crippen molar-refractivity contribution in [3.63, 3.8) is 0 Å². The third-order valence-electron chi connectivity index (χ3n) is 3.05. The minimum Gasteiger partial charge on any atom is -0.502 e. The van der Waals surface area contributed by atoms with Gasteiger partial charge in [0.25, 0.3) is 0 Å². The van der Waals surface area contributed by atoms with Crippen LogP contribution in [0, 0.1) is 10.1 Å². The average Bonchev–Trinajstić information content (AvgIpc) is 2.55. The van der Waals surface area contributed by atoms with Gasteiger partial charge in [-0.2, -0.15) is 0 Å². The van der Waals surface area contributed by atoms with Crippen molar-refractivity contribution >= 4 is 62.4 Å². The number of aromatic hydroxyl groups is 1. The van der Waals surface area contributed by atoms with Gasteiger partial charge >= 0.3 is 5.69 Å². The van der Waals surface area contributed by atoms with E-state index in [1.807, 2.05) is 0 Å². The van der Waals surface area contributed by atoms with E-state index in [1.54, 1.807) is 24.3 Å². The lowest BCUT2D eigenvalue weighted by molar-refractivity contribution is -0.385. The van der Waals surface area contributed by atoms with E-state index in [9.17, 15) is 20.0 Å². The Balaban J connectivity index is 2.15. The van der Waals surface area contributed by atoms with Gasteiger partial charge in [0.05, 0.1) is 10.6 Å². The van der Waals surface area contributed by atoms with Gasteiger partial charge in [0.15, 0.2) is 5.11 Å². The summed E-state index contributed by atoms with van der Waals surface area (Å²) >= 11 is 8.12. The molecule has 3 N–H and O–H groups in total. The van der Waals surface area contributed by atoms with Gasteiger partial charge in [-0.3, -0.25) is 19.9 Å². The summed E-state index contributed by atoms with van der Waals surface area (Å²) in [5.41, 5.74) is 1.01. The van der Waals surface area contributed by atoms with Crippen LogP contribution in [0.3, 0.4) is 0 Å². The van der Waals surface area contributed by atoms with E-state index in [0.29, 0.717) is 15.8 Å². The van der Waals surface area contributed by atoms with Crippen LogP contribution in [0.1, 0.15) is 12.5 Å². The van der Waals surface area contributed by atoms with Crippen molar-refractivity contribution in [2.24, 2.45) is 4.99 Å². The topological polar surface area (TPSA) is 117 Å². The molecule has 0 radical (unpaired) electrons. The van der Waals surface area contributed by atoms with Gasteiger partial charge in [0, 0.05) is 34.9 Å². The molecule has 0 aliphatic rings. The molecular weight excluding hydrogens is 424 g/mol. The fourth-order valence-electron chi connectivity index (χ4n) is 1.94. The van der Waals surface area contributed by atoms with Gasteiger partial charge in [-0.05, 0) is 42.5 Å². The van der Waals surface area contributed by atoms with Crippen LogP contribution in [-0.4, -0.2) is 27.3 Å². The van der Waals surface area contributed by atoms with Crippen LogP contribution in [0.4, 0.5) is 17.1 Å². The molecule has 0 atom stereocenters. The third-order valence-corrected chi connectivity index (χ3v) is 3.71. The summed E-state index contributed by atoms with van der Waals surface area (Å²) in [6.07, 6.45) is 1.33. The highest BCUT2D eigenvalue weighted by molar-refractivity contribution is 9.10. The quantitative estimate of drug-likeness (QED) is 0.291. The van der Waals surface area contributed by atoms with Gasteiger partial charge < -0.3 is 15.7 Å². The van der Waals surface area contributed by atoms with Crippen molar-refractivity contribution in [3.8, 4) is 5.75 Å². The second kappa shape index (κ2) is 8.50. The average molecular weight is 437 g/mol. The Hall–Kier alpha value is -2.85. The number of carbonyl (C=O) groups excluding carboxylic acids is 1. The number of nitro benzene ring substituents is 1. The van der Waals surface area contributed by atoms with E-state index >= 15 is 0 Å². The second-order valence-electron chi connectivity index (χ2n) is 5.06. The van der Waals surface area contributed by atoms with Crippen molar-refractivity contribution in [1.82, 2.24) is 5.32 Å². The number of amides is 1. The number of thiocarbonyl (C=S) groups is 1. The summed E-state index contributed by atoms with van der Waals surface area (Å²) in [7, 11) is 0. The highest BCUT2D eigenvalue weighted by atomic mass is 79.9. The first-order chi connectivity index (χ1) is 12.3. The van der Waals surface area contributed by atoms with E-state index in [2.05, 4.69) is 31.6 Å². The van der Waals surface area contributed by atoms with Crippen LogP contribution < -0.4 is 10.6 Å². The summed E-state index contributed by atoms with van der Waals surface area (Å²) in [6, 6.07) is 9.49. The van der Waals surface area contributed by atoms with Crippen molar-refractivity contribution in [2.45, 2.75) is 6.92 Å². The number of hydrogen-bond acceptors (Lipinski definition) is 6. The second-order valence-corrected chi connectivity index (χ2v) is 6.38. The molecule has 0 heterocycles. The molecule has 8 nitrogen and oxygen atoms in total. The SMILES string of the molecule is CC(=O)NC(=S)Nc1ccc(N=Cc2cc(Br)cc([N+](=O)[O-])c2O)cc1. The van der Waals surface area contributed by atoms with Crippen LogP contribution in [0.25, 0.3) is 0 Å². The number of aliphatic imine (C=N–C) groups is 1. The maximum atomic E-state index is 10.9. The number of benzene rings is 2. The van der Waals surface area contributed by atoms with Gasteiger partial charge in [0.2, 0.25) is 11.7 Å². The smallest absolute Gasteiger partial charge is 0.312 e. The van der Waals surface area contributed by atoms with Crippen LogP contribution in [0.5, 0.6) is 5.75 Å². The highest BCUT2D eigenvalue weighted by Crippen LogP contribution is 2.32. The minimum atomic E-state index is -0.671. The first kappa shape index (κ1) is 19.5. The number of nitro groups is 1. The first-order valence-corrected chi connectivity index (χ1v) is 8.36. The number of nitrogens with zero attached hydrogens (tertiary/aromatic N) is 2. The number of halogens is 1. The molecule has 0 fully saturated rings. The zero-order chi connectivity index (χ0) is 19.3. The summed E-state index contributed by atoms with van der Waals surface area (Å²) in [4.78, 5) is 25.4. The van der Waals surface area contributed by atoms with E-state index in [1.165, 1.54) is 25.3 Å². The molecule has 0 bridgehead atoms. The molecule has 134 valence electrons. The molecule has 0 saturated heterocycles. The van der Waals surface area contributed by atoms with Gasteiger partial charge in [0.1, 0.15) is 0 Å². The molecule has 2 aromatic rings. The maximum absolute atomic E-state index is 10.9. The lowest BCUT2D eigenvalue weighted by Crippen LogP contribution is -2.32. The summed E-state index contributed by atoms with van der Waals surface area (Å²) in [5.74, 6) is -0.729. The molecule has 2 rings (SSSR count). The van der Waals surface area contributed by atoms with Crippen LogP contribution >= 0.6 is 28.1 Å². The van der Waals surface area contributed by atoms with Crippen molar-refractivity contribution in [1.29, 1.82) is 0 Å². The van der Waals surface area contributed by atoms with Crippen molar-refractivity contribution in [3.05, 3.63) is 56.5 Å². The summed E-state index contributed by atoms with van der Waals surface area (Å²) < 4.78 is 0.453. The number of nitrogens with one attached hydrogen (secondary N) is 2. The predicted octanol–water partition coefficient (Wildman–Crippen LogP) is 3.65. The molecule has 1 amide bonds. The summed E-state index contributed by atoms with van der Waals surface area (Å²) in [6.45, 7) is 1.35. The highest BCUT2D eigenvalue weighted by Gasteiger charge is 2.17. The Bertz CT molecular complexity index is 900. The number of phenolic OH excluding ortho intramolecular Hbond substituents is 1.